The van der Waals surface area contributed by atoms with Crippen LogP contribution < -0.4 is 9.47 Å². The Bertz CT molecular complexity index is 972. The van der Waals surface area contributed by atoms with Gasteiger partial charge in [0.1, 0.15) is 24.7 Å². The number of carbonyl (C=O) groups is 2. The maximum absolute atomic E-state index is 12.0. The molecule has 2 rings (SSSR count). The summed E-state index contributed by atoms with van der Waals surface area (Å²) in [6.45, 7) is 3.29. The Hall–Kier alpha value is -4.30. The zero-order valence-electron chi connectivity index (χ0n) is 19.2. The quantitative estimate of drug-likeness (QED) is 0.171. The first-order valence-electron chi connectivity index (χ1n) is 10.5. The molecule has 0 radical (unpaired) electrons. The molecule has 0 aromatic heterocycles. The van der Waals surface area contributed by atoms with Crippen LogP contribution in [0.1, 0.15) is 13.8 Å². The van der Waals surface area contributed by atoms with E-state index in [2.05, 4.69) is 9.98 Å². The number of hydrogen-bond acceptors (Lipinski definition) is 11. The molecule has 0 N–H and O–H groups in total. The molecule has 0 saturated carbocycles. The van der Waals surface area contributed by atoms with Gasteiger partial charge in [0.15, 0.2) is 12.2 Å². The molecule has 0 amide bonds. The number of hydrogen-bond donors (Lipinski definition) is 0. The topological polar surface area (TPSA) is 139 Å². The van der Waals surface area contributed by atoms with Crippen molar-refractivity contribution < 1.29 is 42.9 Å². The minimum atomic E-state index is -0.855. The van der Waals surface area contributed by atoms with Crippen molar-refractivity contribution >= 4 is 35.5 Å². The predicted octanol–water partition coefficient (Wildman–Crippen LogP) is 2.96. The summed E-state index contributed by atoms with van der Waals surface area (Å²) in [6.07, 6.45) is 1.16. The van der Waals surface area contributed by atoms with Gasteiger partial charge in [-0.2, -0.15) is 9.98 Å². The van der Waals surface area contributed by atoms with Gasteiger partial charge in [0.05, 0.1) is 24.6 Å². The summed E-state index contributed by atoms with van der Waals surface area (Å²) >= 11 is 0. The molecule has 0 saturated heterocycles. The molecule has 2 aromatic carbocycles. The normalized spacial score (nSPS) is 11.7. The van der Waals surface area contributed by atoms with Crippen LogP contribution in [0.4, 0.5) is 11.4 Å². The lowest BCUT2D eigenvalue weighted by molar-refractivity contribution is -0.154. The molecule has 2 atom stereocenters. The molecule has 0 bridgehead atoms. The molecular formula is C24H24N2O9. The highest BCUT2D eigenvalue weighted by Gasteiger charge is 2.17. The number of benzene rings is 2. The van der Waals surface area contributed by atoms with Crippen molar-refractivity contribution in [1.29, 1.82) is 0 Å². The minimum absolute atomic E-state index is 0.00285. The molecule has 0 aliphatic rings. The Kier molecular flexibility index (Phi) is 11.4. The first-order valence-corrected chi connectivity index (χ1v) is 10.5. The smallest absolute Gasteiger partial charge is 0.347 e. The molecule has 184 valence electrons. The molecular weight excluding hydrogens is 460 g/mol. The lowest BCUT2D eigenvalue weighted by Gasteiger charge is -2.15. The number of rotatable bonds is 14. The average molecular weight is 484 g/mol. The van der Waals surface area contributed by atoms with E-state index in [9.17, 15) is 19.2 Å². The van der Waals surface area contributed by atoms with Gasteiger partial charge in [0.2, 0.25) is 12.2 Å². The van der Waals surface area contributed by atoms with Gasteiger partial charge in [-0.25, -0.2) is 19.2 Å². The van der Waals surface area contributed by atoms with Gasteiger partial charge in [0, 0.05) is 0 Å². The van der Waals surface area contributed by atoms with Gasteiger partial charge in [-0.05, 0) is 62.4 Å². The molecule has 2 aromatic rings. The van der Waals surface area contributed by atoms with E-state index in [4.69, 9.17) is 23.7 Å². The van der Waals surface area contributed by atoms with Crippen LogP contribution >= 0.6 is 0 Å². The van der Waals surface area contributed by atoms with Crippen molar-refractivity contribution in [2.24, 2.45) is 9.98 Å². The molecule has 11 heteroatoms. The standard InChI is InChI=1S/C24H24N2O9/c1-17(34-21-7-3-19(4-8-21)25-15-27)23(29)32-13-11-31-12-14-33-24(30)18(2)35-22-9-5-20(6-10-22)26-16-28/h3-10,17-18H,11-14H2,1-2H3. The molecule has 2 unspecified atom stereocenters. The molecule has 35 heavy (non-hydrogen) atoms. The Morgan fingerprint density at radius 3 is 1.40 bits per heavy atom. The lowest BCUT2D eigenvalue weighted by Crippen LogP contribution is -2.28. The molecule has 11 nitrogen and oxygen atoms in total. The second-order valence-corrected chi connectivity index (χ2v) is 6.86. The van der Waals surface area contributed by atoms with Crippen LogP contribution in [0.2, 0.25) is 0 Å². The molecule has 0 aliphatic heterocycles. The van der Waals surface area contributed by atoms with Gasteiger partial charge in [-0.15, -0.1) is 0 Å². The minimum Gasteiger partial charge on any atom is -0.479 e. The maximum atomic E-state index is 12.0. The van der Waals surface area contributed by atoms with Crippen LogP contribution in [-0.2, 0) is 33.4 Å². The number of ether oxygens (including phenoxy) is 5. The van der Waals surface area contributed by atoms with Gasteiger partial charge < -0.3 is 23.7 Å². The van der Waals surface area contributed by atoms with E-state index in [0.717, 1.165) is 0 Å². The van der Waals surface area contributed by atoms with Crippen LogP contribution in [0.25, 0.3) is 0 Å². The summed E-state index contributed by atoms with van der Waals surface area (Å²) in [6, 6.07) is 12.5. The third kappa shape index (κ3) is 10.0. The third-order valence-corrected chi connectivity index (χ3v) is 4.26. The lowest BCUT2D eigenvalue weighted by atomic mass is 10.3. The second-order valence-electron chi connectivity index (χ2n) is 6.86. The summed E-state index contributed by atoms with van der Waals surface area (Å²) in [7, 11) is 0. The largest absolute Gasteiger partial charge is 0.479 e. The number of esters is 2. The van der Waals surface area contributed by atoms with E-state index in [1.807, 2.05) is 0 Å². The highest BCUT2D eigenvalue weighted by atomic mass is 16.6. The van der Waals surface area contributed by atoms with Gasteiger partial charge in [0.25, 0.3) is 0 Å². The zero-order chi connectivity index (χ0) is 25.5. The maximum Gasteiger partial charge on any atom is 0.347 e. The van der Waals surface area contributed by atoms with E-state index in [-0.39, 0.29) is 26.4 Å². The van der Waals surface area contributed by atoms with Crippen molar-refractivity contribution in [2.45, 2.75) is 26.1 Å². The van der Waals surface area contributed by atoms with Gasteiger partial charge >= 0.3 is 11.9 Å². The van der Waals surface area contributed by atoms with E-state index >= 15 is 0 Å². The van der Waals surface area contributed by atoms with Crippen LogP contribution in [-0.4, -0.2) is 62.7 Å². The summed E-state index contributed by atoms with van der Waals surface area (Å²) < 4.78 is 26.4. The SMILES string of the molecule is CC(Oc1ccc(N=C=O)cc1)C(=O)OCCOCCOC(=O)C(C)Oc1ccc(N=C=O)cc1. The third-order valence-electron chi connectivity index (χ3n) is 4.26. The summed E-state index contributed by atoms with van der Waals surface area (Å²) in [5.41, 5.74) is 0.842. The molecule has 0 spiro atoms. The summed E-state index contributed by atoms with van der Waals surface area (Å²) in [5.74, 6) is -0.321. The average Bonchev–Trinajstić information content (AvgIpc) is 2.85. The Morgan fingerprint density at radius 2 is 1.06 bits per heavy atom. The van der Waals surface area contributed by atoms with Crippen LogP contribution in [0.5, 0.6) is 11.5 Å². The van der Waals surface area contributed by atoms with Crippen LogP contribution in [0.3, 0.4) is 0 Å². The molecule has 0 fully saturated rings. The fourth-order valence-corrected chi connectivity index (χ4v) is 2.55. The van der Waals surface area contributed by atoms with E-state index < -0.39 is 24.1 Å². The second kappa shape index (κ2) is 14.8. The first-order chi connectivity index (χ1) is 16.9. The highest BCUT2D eigenvalue weighted by molar-refractivity contribution is 5.75. The fourth-order valence-electron chi connectivity index (χ4n) is 2.55. The van der Waals surface area contributed by atoms with E-state index in [1.54, 1.807) is 48.5 Å². The molecule has 0 aliphatic carbocycles. The Morgan fingerprint density at radius 1 is 0.686 bits per heavy atom. The van der Waals surface area contributed by atoms with Crippen LogP contribution in [0, 0.1) is 0 Å². The number of nitrogens with zero attached hydrogens (tertiary/aromatic N) is 2. The first kappa shape index (κ1) is 26.9. The fraction of sp³-hybridized carbons (Fsp3) is 0.333. The zero-order valence-corrected chi connectivity index (χ0v) is 19.2. The van der Waals surface area contributed by atoms with Crippen molar-refractivity contribution in [2.75, 3.05) is 26.4 Å². The van der Waals surface area contributed by atoms with Gasteiger partial charge in [-0.1, -0.05) is 0 Å². The van der Waals surface area contributed by atoms with Crippen molar-refractivity contribution in [3.05, 3.63) is 48.5 Å². The van der Waals surface area contributed by atoms with Crippen LogP contribution in [0.15, 0.2) is 58.5 Å². The van der Waals surface area contributed by atoms with Crippen molar-refractivity contribution in [1.82, 2.24) is 0 Å². The Labute approximate surface area is 201 Å². The summed E-state index contributed by atoms with van der Waals surface area (Å²) in [5, 5.41) is 0. The summed E-state index contributed by atoms with van der Waals surface area (Å²) in [4.78, 5) is 51.4. The highest BCUT2D eigenvalue weighted by Crippen LogP contribution is 2.19. The Balaban J connectivity index is 1.56. The number of isocyanates is 2. The van der Waals surface area contributed by atoms with E-state index in [1.165, 1.54) is 26.0 Å². The monoisotopic (exact) mass is 484 g/mol. The number of carbonyl (C=O) groups excluding carboxylic acids is 4. The van der Waals surface area contributed by atoms with Crippen molar-refractivity contribution in [3.63, 3.8) is 0 Å². The molecule has 0 heterocycles. The van der Waals surface area contributed by atoms with E-state index in [0.29, 0.717) is 22.9 Å². The predicted molar refractivity (Wildman–Crippen MR) is 121 cm³/mol. The van der Waals surface area contributed by atoms with Crippen molar-refractivity contribution in [3.8, 4) is 11.5 Å². The van der Waals surface area contributed by atoms with Gasteiger partial charge in [-0.3, -0.25) is 0 Å². The number of aliphatic imine (C=N–C) groups is 2.